The summed E-state index contributed by atoms with van der Waals surface area (Å²) in [6, 6.07) is 9.74. The lowest BCUT2D eigenvalue weighted by Gasteiger charge is -2.37. The van der Waals surface area contributed by atoms with E-state index in [-0.39, 0.29) is 53.5 Å². The molecule has 4 rings (SSSR count). The molecule has 2 fully saturated rings. The summed E-state index contributed by atoms with van der Waals surface area (Å²) in [5.74, 6) is -0.373. The fraction of sp³-hybridized carbons (Fsp3) is 0.522. The minimum Gasteiger partial charge on any atom is -0.459 e. The zero-order chi connectivity index (χ0) is 20.7. The highest BCUT2D eigenvalue weighted by molar-refractivity contribution is 5.94. The molecule has 0 saturated carbocycles. The summed E-state index contributed by atoms with van der Waals surface area (Å²) in [6.45, 7) is 5.96. The third-order valence-corrected chi connectivity index (χ3v) is 6.20. The number of ether oxygens (including phenoxy) is 1. The number of pyridine rings is 1. The summed E-state index contributed by atoms with van der Waals surface area (Å²) in [5, 5.41) is 0.851. The number of carbonyl (C=O) groups excluding carboxylic acids is 2. The molecule has 2 aliphatic rings. The Bertz CT molecular complexity index is 1000. The maximum absolute atomic E-state index is 13.0. The molecular weight excluding hydrogens is 404 g/mol. The number of Topliss-reactive ketones (excluding diaryl/α,β-unsaturated/α-hetero) is 1. The third-order valence-electron chi connectivity index (χ3n) is 6.20. The molecule has 2 aliphatic heterocycles. The van der Waals surface area contributed by atoms with E-state index in [9.17, 15) is 14.4 Å². The van der Waals surface area contributed by atoms with Crippen LogP contribution in [0.4, 0.5) is 0 Å². The number of piperidine rings is 1. The predicted molar refractivity (Wildman–Crippen MR) is 118 cm³/mol. The summed E-state index contributed by atoms with van der Waals surface area (Å²) in [5.41, 5.74) is 0.608. The number of hydrogen-bond acceptors (Lipinski definition) is 5. The van der Waals surface area contributed by atoms with E-state index >= 15 is 0 Å². The number of nitrogens with zero attached hydrogens (tertiary/aromatic N) is 2. The Morgan fingerprint density at radius 2 is 1.77 bits per heavy atom. The molecule has 0 aliphatic carbocycles. The van der Waals surface area contributed by atoms with Crippen molar-refractivity contribution in [2.75, 3.05) is 6.54 Å². The van der Waals surface area contributed by atoms with Crippen LogP contribution in [0.5, 0.6) is 0 Å². The lowest BCUT2D eigenvalue weighted by molar-refractivity contribution is -0.120. The average Bonchev–Trinajstić information content (AvgIpc) is 2.88. The van der Waals surface area contributed by atoms with Crippen LogP contribution in [0.2, 0.25) is 0 Å². The van der Waals surface area contributed by atoms with Gasteiger partial charge in [-0.25, -0.2) is 4.79 Å². The van der Waals surface area contributed by atoms with Gasteiger partial charge in [-0.3, -0.25) is 14.5 Å². The number of rotatable bonds is 5. The molecule has 7 heteroatoms. The van der Waals surface area contributed by atoms with Gasteiger partial charge in [0.1, 0.15) is 17.5 Å². The fourth-order valence-electron chi connectivity index (χ4n) is 4.99. The Hall–Kier alpha value is -2.18. The smallest absolute Gasteiger partial charge is 0.344 e. The van der Waals surface area contributed by atoms with Gasteiger partial charge in [0, 0.05) is 31.0 Å². The van der Waals surface area contributed by atoms with E-state index in [0.29, 0.717) is 6.54 Å². The lowest BCUT2D eigenvalue weighted by atomic mass is 9.99. The van der Waals surface area contributed by atoms with Gasteiger partial charge >= 0.3 is 5.97 Å². The quantitative estimate of drug-likeness (QED) is 0.673. The Labute approximate surface area is 182 Å². The summed E-state index contributed by atoms with van der Waals surface area (Å²) in [6.07, 6.45) is 3.30. The molecule has 0 spiro atoms. The molecule has 1 aromatic carbocycles. The van der Waals surface area contributed by atoms with Crippen molar-refractivity contribution < 1.29 is 14.3 Å². The molecule has 0 N–H and O–H groups in total. The Balaban J connectivity index is 0.00000256. The molecule has 2 saturated heterocycles. The summed E-state index contributed by atoms with van der Waals surface area (Å²) in [7, 11) is 0. The standard InChI is InChI=1S/C23H28N2O4.ClH/c1-14(2)25-21-7-5-4-6-16(21)10-20(22(25)27)23(28)29-19-11-17-8-9-18(12-19)24(17)13-15(3)26;/h4-7,10,14,17-19H,8-9,11-13H2,1-3H3;1H. The second-order valence-electron chi connectivity index (χ2n) is 8.64. The van der Waals surface area contributed by atoms with E-state index in [0.717, 1.165) is 36.6 Å². The van der Waals surface area contributed by atoms with E-state index in [1.807, 2.05) is 38.1 Å². The molecule has 1 aromatic heterocycles. The van der Waals surface area contributed by atoms with Crippen LogP contribution in [0.15, 0.2) is 35.1 Å². The van der Waals surface area contributed by atoms with Gasteiger partial charge in [0.2, 0.25) is 0 Å². The number of carbonyl (C=O) groups is 2. The van der Waals surface area contributed by atoms with Crippen LogP contribution in [-0.2, 0) is 9.53 Å². The van der Waals surface area contributed by atoms with E-state index in [1.165, 1.54) is 0 Å². The van der Waals surface area contributed by atoms with Crippen molar-refractivity contribution in [2.24, 2.45) is 0 Å². The van der Waals surface area contributed by atoms with Crippen LogP contribution in [-0.4, -0.2) is 46.0 Å². The third kappa shape index (κ3) is 4.16. The van der Waals surface area contributed by atoms with Gasteiger partial charge < -0.3 is 9.30 Å². The van der Waals surface area contributed by atoms with Gasteiger partial charge in [-0.05, 0) is 51.1 Å². The van der Waals surface area contributed by atoms with Crippen LogP contribution in [0, 0.1) is 0 Å². The maximum atomic E-state index is 13.0. The first-order valence-corrected chi connectivity index (χ1v) is 10.5. The highest BCUT2D eigenvalue weighted by atomic mass is 35.5. The largest absolute Gasteiger partial charge is 0.459 e. The van der Waals surface area contributed by atoms with Crippen molar-refractivity contribution in [3.05, 3.63) is 46.2 Å². The molecule has 30 heavy (non-hydrogen) atoms. The molecule has 2 atom stereocenters. The number of esters is 1. The summed E-state index contributed by atoms with van der Waals surface area (Å²) in [4.78, 5) is 39.8. The van der Waals surface area contributed by atoms with Crippen molar-refractivity contribution in [3.8, 4) is 0 Å². The molecule has 0 radical (unpaired) electrons. The number of aromatic nitrogens is 1. The topological polar surface area (TPSA) is 68.6 Å². The maximum Gasteiger partial charge on any atom is 0.344 e. The van der Waals surface area contributed by atoms with Crippen LogP contribution in [0.1, 0.15) is 62.9 Å². The predicted octanol–water partition coefficient (Wildman–Crippen LogP) is 3.75. The van der Waals surface area contributed by atoms with E-state index in [2.05, 4.69) is 4.90 Å². The Morgan fingerprint density at radius 1 is 1.13 bits per heavy atom. The lowest BCUT2D eigenvalue weighted by Crippen LogP contribution is -2.47. The van der Waals surface area contributed by atoms with Crippen molar-refractivity contribution >= 4 is 35.1 Å². The van der Waals surface area contributed by atoms with Gasteiger partial charge in [-0.15, -0.1) is 12.4 Å². The molecular formula is C23H29ClN2O4. The van der Waals surface area contributed by atoms with Crippen LogP contribution < -0.4 is 5.56 Å². The van der Waals surface area contributed by atoms with Crippen LogP contribution in [0.25, 0.3) is 10.9 Å². The molecule has 3 heterocycles. The first kappa shape index (κ1) is 22.5. The van der Waals surface area contributed by atoms with E-state index < -0.39 is 5.97 Å². The minimum atomic E-state index is -0.542. The highest BCUT2D eigenvalue weighted by Crippen LogP contribution is 2.37. The highest BCUT2D eigenvalue weighted by Gasteiger charge is 2.42. The minimum absolute atomic E-state index is 0. The zero-order valence-electron chi connectivity index (χ0n) is 17.7. The molecule has 162 valence electrons. The van der Waals surface area contributed by atoms with E-state index in [1.54, 1.807) is 17.6 Å². The SMILES string of the molecule is CC(=O)CN1C2CCC1CC(OC(=O)c1cc3ccccc3n(C(C)C)c1=O)C2.Cl. The van der Waals surface area contributed by atoms with Crippen molar-refractivity contribution in [3.63, 3.8) is 0 Å². The Morgan fingerprint density at radius 3 is 2.37 bits per heavy atom. The number of fused-ring (bicyclic) bond motifs is 3. The number of benzene rings is 1. The van der Waals surface area contributed by atoms with E-state index in [4.69, 9.17) is 4.74 Å². The monoisotopic (exact) mass is 432 g/mol. The molecule has 2 unspecified atom stereocenters. The van der Waals surface area contributed by atoms with Gasteiger partial charge in [0.05, 0.1) is 12.1 Å². The Kier molecular flexibility index (Phi) is 6.68. The molecule has 2 aromatic rings. The second kappa shape index (κ2) is 8.90. The molecule has 0 amide bonds. The molecule has 2 bridgehead atoms. The van der Waals surface area contributed by atoms with Crippen molar-refractivity contribution in [1.82, 2.24) is 9.47 Å². The number of ketones is 1. The first-order valence-electron chi connectivity index (χ1n) is 10.5. The average molecular weight is 433 g/mol. The number of halogens is 1. The number of para-hydroxylation sites is 1. The van der Waals surface area contributed by atoms with Crippen LogP contribution in [0.3, 0.4) is 0 Å². The summed E-state index contributed by atoms with van der Waals surface area (Å²) < 4.78 is 7.47. The van der Waals surface area contributed by atoms with Gasteiger partial charge in [0.25, 0.3) is 5.56 Å². The van der Waals surface area contributed by atoms with Gasteiger partial charge in [0.15, 0.2) is 0 Å². The molecule has 6 nitrogen and oxygen atoms in total. The zero-order valence-corrected chi connectivity index (χ0v) is 18.5. The number of hydrogen-bond donors (Lipinski definition) is 0. The second-order valence-corrected chi connectivity index (χ2v) is 8.64. The van der Waals surface area contributed by atoms with Crippen molar-refractivity contribution in [2.45, 2.75) is 70.7 Å². The normalized spacial score (nSPS) is 23.4. The van der Waals surface area contributed by atoms with Crippen molar-refractivity contribution in [1.29, 1.82) is 0 Å². The fourth-order valence-corrected chi connectivity index (χ4v) is 4.99. The van der Waals surface area contributed by atoms with Crippen LogP contribution >= 0.6 is 12.4 Å². The van der Waals surface area contributed by atoms with Gasteiger partial charge in [-0.2, -0.15) is 0 Å². The first-order chi connectivity index (χ1) is 13.8. The van der Waals surface area contributed by atoms with Gasteiger partial charge in [-0.1, -0.05) is 18.2 Å². The summed E-state index contributed by atoms with van der Waals surface area (Å²) >= 11 is 0.